The smallest absolute Gasteiger partial charge is 0.136 e. The molecule has 0 atom stereocenters. The molecule has 0 saturated carbocycles. The van der Waals surface area contributed by atoms with Crippen molar-refractivity contribution in [3.8, 4) is 0 Å². The minimum atomic E-state index is 0.722. The van der Waals surface area contributed by atoms with Crippen molar-refractivity contribution in [3.05, 3.63) is 58.0 Å². The molecular formula is C16H8BrClO. The second-order valence-corrected chi connectivity index (χ2v) is 5.81. The Hall–Kier alpha value is -1.51. The van der Waals surface area contributed by atoms with Crippen LogP contribution in [0.5, 0.6) is 0 Å². The van der Waals surface area contributed by atoms with Crippen LogP contribution in [0.2, 0.25) is 5.02 Å². The highest BCUT2D eigenvalue weighted by molar-refractivity contribution is 9.10. The summed E-state index contributed by atoms with van der Waals surface area (Å²) in [5.41, 5.74) is 1.75. The van der Waals surface area contributed by atoms with Gasteiger partial charge in [0.1, 0.15) is 11.2 Å². The summed E-state index contributed by atoms with van der Waals surface area (Å²) in [6, 6.07) is 16.0. The van der Waals surface area contributed by atoms with Crippen LogP contribution in [-0.4, -0.2) is 0 Å². The zero-order valence-corrected chi connectivity index (χ0v) is 12.1. The maximum Gasteiger partial charge on any atom is 0.136 e. The average Bonchev–Trinajstić information content (AvgIpc) is 2.77. The molecule has 0 radical (unpaired) electrons. The van der Waals surface area contributed by atoms with Gasteiger partial charge >= 0.3 is 0 Å². The largest absolute Gasteiger partial charge is 0.456 e. The summed E-state index contributed by atoms with van der Waals surface area (Å²) in [7, 11) is 0. The Balaban J connectivity index is 2.37. The van der Waals surface area contributed by atoms with Gasteiger partial charge in [-0.15, -0.1) is 0 Å². The van der Waals surface area contributed by atoms with Gasteiger partial charge in [-0.2, -0.15) is 0 Å². The highest BCUT2D eigenvalue weighted by Gasteiger charge is 2.12. The van der Waals surface area contributed by atoms with Crippen molar-refractivity contribution in [2.75, 3.05) is 0 Å². The van der Waals surface area contributed by atoms with Gasteiger partial charge in [-0.3, -0.25) is 0 Å². The predicted octanol–water partition coefficient (Wildman–Crippen LogP) is 6.16. The minimum absolute atomic E-state index is 0.722. The Bertz CT molecular complexity index is 940. The van der Waals surface area contributed by atoms with Crippen molar-refractivity contribution in [1.29, 1.82) is 0 Å². The topological polar surface area (TPSA) is 13.1 Å². The predicted molar refractivity (Wildman–Crippen MR) is 83.9 cm³/mol. The lowest BCUT2D eigenvalue weighted by molar-refractivity contribution is 0.669. The van der Waals surface area contributed by atoms with E-state index in [0.29, 0.717) is 0 Å². The first-order valence-electron chi connectivity index (χ1n) is 5.93. The van der Waals surface area contributed by atoms with E-state index in [1.165, 1.54) is 10.8 Å². The van der Waals surface area contributed by atoms with Crippen molar-refractivity contribution in [1.82, 2.24) is 0 Å². The van der Waals surface area contributed by atoms with Crippen molar-refractivity contribution >= 4 is 60.2 Å². The van der Waals surface area contributed by atoms with Gasteiger partial charge in [0.2, 0.25) is 0 Å². The Morgan fingerprint density at radius 2 is 1.74 bits per heavy atom. The van der Waals surface area contributed by atoms with Gasteiger partial charge in [-0.05, 0) is 35.7 Å². The summed E-state index contributed by atoms with van der Waals surface area (Å²) < 4.78 is 6.96. The Kier molecular flexibility index (Phi) is 2.38. The van der Waals surface area contributed by atoms with Crippen LogP contribution in [-0.2, 0) is 0 Å². The zero-order valence-electron chi connectivity index (χ0n) is 9.78. The van der Waals surface area contributed by atoms with E-state index in [-0.39, 0.29) is 0 Å². The molecule has 4 aromatic rings. The molecule has 4 rings (SSSR count). The first-order valence-corrected chi connectivity index (χ1v) is 7.10. The van der Waals surface area contributed by atoms with E-state index in [1.807, 2.05) is 36.4 Å². The second-order valence-electron chi connectivity index (χ2n) is 4.52. The summed E-state index contributed by atoms with van der Waals surface area (Å²) >= 11 is 9.75. The summed E-state index contributed by atoms with van der Waals surface area (Å²) in [5, 5.41) is 5.24. The van der Waals surface area contributed by atoms with Crippen molar-refractivity contribution in [2.45, 2.75) is 0 Å². The molecule has 0 amide bonds. The van der Waals surface area contributed by atoms with Gasteiger partial charge in [-0.25, -0.2) is 0 Å². The van der Waals surface area contributed by atoms with Crippen LogP contribution < -0.4 is 0 Å². The van der Waals surface area contributed by atoms with E-state index in [4.69, 9.17) is 16.0 Å². The van der Waals surface area contributed by atoms with Crippen LogP contribution >= 0.6 is 27.5 Å². The van der Waals surface area contributed by atoms with E-state index in [0.717, 1.165) is 31.4 Å². The Labute approximate surface area is 122 Å². The minimum Gasteiger partial charge on any atom is -0.456 e. The highest BCUT2D eigenvalue weighted by Crippen LogP contribution is 2.38. The number of fused-ring (bicyclic) bond motifs is 5. The molecule has 3 aromatic carbocycles. The standard InChI is InChI=1S/C16H8BrClO/c17-12-3-1-2-9-4-6-14-16(15(9)12)11-8-10(18)5-7-13(11)19-14/h1-8H. The normalized spacial score (nSPS) is 11.7. The quantitative estimate of drug-likeness (QED) is 0.376. The molecule has 1 nitrogen and oxygen atoms in total. The molecule has 0 aliphatic rings. The molecule has 1 aromatic heterocycles. The van der Waals surface area contributed by atoms with Crippen LogP contribution in [0.1, 0.15) is 0 Å². The fraction of sp³-hybridized carbons (Fsp3) is 0. The molecule has 0 fully saturated rings. The van der Waals surface area contributed by atoms with Gasteiger partial charge in [0.15, 0.2) is 0 Å². The lowest BCUT2D eigenvalue weighted by Crippen LogP contribution is -1.76. The zero-order chi connectivity index (χ0) is 13.0. The molecule has 0 spiro atoms. The monoisotopic (exact) mass is 330 g/mol. The van der Waals surface area contributed by atoms with Gasteiger partial charge in [0.05, 0.1) is 0 Å². The number of benzene rings is 3. The number of hydrogen-bond acceptors (Lipinski definition) is 1. The molecule has 0 aliphatic heterocycles. The molecule has 0 unspecified atom stereocenters. The van der Waals surface area contributed by atoms with Gasteiger partial charge in [-0.1, -0.05) is 45.7 Å². The lowest BCUT2D eigenvalue weighted by atomic mass is 10.0. The van der Waals surface area contributed by atoms with Gasteiger partial charge < -0.3 is 4.42 Å². The molecule has 0 bridgehead atoms. The Morgan fingerprint density at radius 1 is 0.895 bits per heavy atom. The molecule has 3 heteroatoms. The summed E-state index contributed by atoms with van der Waals surface area (Å²) in [6.45, 7) is 0. The van der Waals surface area contributed by atoms with E-state index in [2.05, 4.69) is 28.1 Å². The van der Waals surface area contributed by atoms with E-state index < -0.39 is 0 Å². The highest BCUT2D eigenvalue weighted by atomic mass is 79.9. The number of hydrogen-bond donors (Lipinski definition) is 0. The number of rotatable bonds is 0. The molecule has 92 valence electrons. The third-order valence-electron chi connectivity index (χ3n) is 3.39. The number of furan rings is 1. The van der Waals surface area contributed by atoms with Gasteiger partial charge in [0, 0.05) is 25.7 Å². The third kappa shape index (κ3) is 1.60. The molecule has 0 aliphatic carbocycles. The Morgan fingerprint density at radius 3 is 2.63 bits per heavy atom. The van der Waals surface area contributed by atoms with Crippen molar-refractivity contribution in [3.63, 3.8) is 0 Å². The van der Waals surface area contributed by atoms with Crippen molar-refractivity contribution in [2.24, 2.45) is 0 Å². The first kappa shape index (κ1) is 11.3. The third-order valence-corrected chi connectivity index (χ3v) is 4.28. The number of halogens is 2. The molecule has 1 heterocycles. The van der Waals surface area contributed by atoms with E-state index in [9.17, 15) is 0 Å². The summed E-state index contributed by atoms with van der Waals surface area (Å²) in [4.78, 5) is 0. The first-order chi connectivity index (χ1) is 9.24. The van der Waals surface area contributed by atoms with Crippen LogP contribution in [0.3, 0.4) is 0 Å². The maximum absolute atomic E-state index is 6.11. The SMILES string of the molecule is Clc1ccc2oc3ccc4cccc(Br)c4c3c2c1. The lowest BCUT2D eigenvalue weighted by Gasteiger charge is -2.02. The summed E-state index contributed by atoms with van der Waals surface area (Å²) in [6.07, 6.45) is 0. The van der Waals surface area contributed by atoms with Crippen LogP contribution in [0.25, 0.3) is 32.7 Å². The molecule has 19 heavy (non-hydrogen) atoms. The van der Waals surface area contributed by atoms with Crippen LogP contribution in [0.15, 0.2) is 57.4 Å². The van der Waals surface area contributed by atoms with E-state index >= 15 is 0 Å². The molecule has 0 saturated heterocycles. The summed E-state index contributed by atoms with van der Waals surface area (Å²) in [5.74, 6) is 0. The van der Waals surface area contributed by atoms with E-state index in [1.54, 1.807) is 0 Å². The maximum atomic E-state index is 6.11. The van der Waals surface area contributed by atoms with Gasteiger partial charge in [0.25, 0.3) is 0 Å². The van der Waals surface area contributed by atoms with Crippen LogP contribution in [0, 0.1) is 0 Å². The average molecular weight is 332 g/mol. The fourth-order valence-corrected chi connectivity index (χ4v) is 3.32. The molecular weight excluding hydrogens is 324 g/mol. The van der Waals surface area contributed by atoms with Crippen LogP contribution in [0.4, 0.5) is 0 Å². The molecule has 0 N–H and O–H groups in total. The fourth-order valence-electron chi connectivity index (χ4n) is 2.57. The van der Waals surface area contributed by atoms with Crippen molar-refractivity contribution < 1.29 is 4.42 Å². The second kappa shape index (κ2) is 3.99.